The van der Waals surface area contributed by atoms with Crippen LogP contribution in [-0.4, -0.2) is 35.1 Å². The smallest absolute Gasteiger partial charge is 0.157 e. The van der Waals surface area contributed by atoms with E-state index in [-0.39, 0.29) is 6.29 Å². The van der Waals surface area contributed by atoms with E-state index < -0.39 is 0 Å². The van der Waals surface area contributed by atoms with Crippen molar-refractivity contribution in [3.63, 3.8) is 0 Å². The van der Waals surface area contributed by atoms with Crippen molar-refractivity contribution in [3.05, 3.63) is 12.2 Å². The minimum atomic E-state index is 0.0805. The Morgan fingerprint density at radius 1 is 1.09 bits per heavy atom. The highest BCUT2D eigenvalue weighted by molar-refractivity contribution is 8.18. The molecular weight excluding hydrogens is 324 g/mol. The van der Waals surface area contributed by atoms with Crippen molar-refractivity contribution in [2.24, 2.45) is 0 Å². The molecule has 0 aromatic carbocycles. The lowest BCUT2D eigenvalue weighted by Crippen LogP contribution is -2.26. The summed E-state index contributed by atoms with van der Waals surface area (Å²) in [6, 6.07) is 0. The third-order valence-electron chi connectivity index (χ3n) is 4.58. The van der Waals surface area contributed by atoms with E-state index >= 15 is 0 Å². The molecule has 0 bridgehead atoms. The topological polar surface area (TPSA) is 18.5 Å². The molecular formula is C19H34O2S2. The van der Waals surface area contributed by atoms with Gasteiger partial charge in [-0.2, -0.15) is 0 Å². The second-order valence-corrected chi connectivity index (χ2v) is 9.76. The van der Waals surface area contributed by atoms with E-state index in [1.165, 1.54) is 69.3 Å². The Kier molecular flexibility index (Phi) is 10.1. The van der Waals surface area contributed by atoms with Crippen molar-refractivity contribution in [2.45, 2.75) is 81.5 Å². The van der Waals surface area contributed by atoms with Crippen LogP contribution in [0.4, 0.5) is 0 Å². The van der Waals surface area contributed by atoms with Gasteiger partial charge in [0.2, 0.25) is 0 Å². The maximum Gasteiger partial charge on any atom is 0.157 e. The molecule has 1 atom stereocenters. The van der Waals surface area contributed by atoms with Crippen LogP contribution in [0.25, 0.3) is 0 Å². The molecule has 0 saturated carbocycles. The van der Waals surface area contributed by atoms with Crippen LogP contribution in [0.5, 0.6) is 0 Å². The van der Waals surface area contributed by atoms with Gasteiger partial charge in [-0.15, -0.1) is 23.5 Å². The van der Waals surface area contributed by atoms with Gasteiger partial charge in [-0.25, -0.2) is 0 Å². The van der Waals surface area contributed by atoms with Crippen molar-refractivity contribution in [3.8, 4) is 0 Å². The summed E-state index contributed by atoms with van der Waals surface area (Å²) in [7, 11) is 0. The van der Waals surface area contributed by atoms with Gasteiger partial charge >= 0.3 is 0 Å². The van der Waals surface area contributed by atoms with Gasteiger partial charge in [-0.05, 0) is 82.6 Å². The van der Waals surface area contributed by atoms with Crippen molar-refractivity contribution in [1.82, 2.24) is 0 Å². The number of allylic oxidation sites excluding steroid dienone is 2. The van der Waals surface area contributed by atoms with Gasteiger partial charge in [0.1, 0.15) is 0 Å². The van der Waals surface area contributed by atoms with Crippen LogP contribution in [0.2, 0.25) is 0 Å². The van der Waals surface area contributed by atoms with E-state index in [1.54, 1.807) is 0 Å². The summed E-state index contributed by atoms with van der Waals surface area (Å²) in [5.41, 5.74) is 0. The minimum absolute atomic E-state index is 0.0805. The lowest BCUT2D eigenvalue weighted by atomic mass is 10.1. The molecule has 0 radical (unpaired) electrons. The lowest BCUT2D eigenvalue weighted by Gasteiger charge is -2.36. The van der Waals surface area contributed by atoms with Gasteiger partial charge in [0, 0.05) is 13.2 Å². The second-order valence-electron chi connectivity index (χ2n) is 6.55. The molecule has 0 spiro atoms. The van der Waals surface area contributed by atoms with Crippen molar-refractivity contribution in [1.29, 1.82) is 0 Å². The summed E-state index contributed by atoms with van der Waals surface area (Å²) in [5, 5.41) is 0. The molecule has 2 aliphatic heterocycles. The highest BCUT2D eigenvalue weighted by atomic mass is 32.2. The Morgan fingerprint density at radius 2 is 1.91 bits per heavy atom. The zero-order chi connectivity index (χ0) is 16.2. The van der Waals surface area contributed by atoms with Gasteiger partial charge in [0.05, 0.1) is 4.08 Å². The fourth-order valence-electron chi connectivity index (χ4n) is 3.24. The van der Waals surface area contributed by atoms with Crippen LogP contribution in [0.15, 0.2) is 12.2 Å². The van der Waals surface area contributed by atoms with E-state index in [0.717, 1.165) is 19.6 Å². The highest BCUT2D eigenvalue weighted by Gasteiger charge is 2.32. The average Bonchev–Trinajstić information content (AvgIpc) is 2.60. The Labute approximate surface area is 151 Å². The molecule has 2 nitrogen and oxygen atoms in total. The Bertz CT molecular complexity index is 321. The second kappa shape index (κ2) is 11.8. The third-order valence-corrected chi connectivity index (χ3v) is 8.14. The standard InChI is InChI=1S/C19H34O2S2/c1-2-3-4-6-12-19(22-16-10-17-23-19)13-7-9-15-21-18-11-5-8-14-20-18/h2-3,18H,4-17H2,1H3/b3-2-. The summed E-state index contributed by atoms with van der Waals surface area (Å²) < 4.78 is 12.0. The summed E-state index contributed by atoms with van der Waals surface area (Å²) in [4.78, 5) is 0. The van der Waals surface area contributed by atoms with Gasteiger partial charge in [0.15, 0.2) is 6.29 Å². The Balaban J connectivity index is 1.62. The summed E-state index contributed by atoms with van der Waals surface area (Å²) in [5.74, 6) is 2.70. The monoisotopic (exact) mass is 358 g/mol. The predicted molar refractivity (Wildman–Crippen MR) is 104 cm³/mol. The van der Waals surface area contributed by atoms with E-state index in [0.29, 0.717) is 4.08 Å². The summed E-state index contributed by atoms with van der Waals surface area (Å²) >= 11 is 4.46. The number of thioether (sulfide) groups is 2. The van der Waals surface area contributed by atoms with E-state index in [9.17, 15) is 0 Å². The predicted octanol–water partition coefficient (Wildman–Crippen LogP) is 6.01. The third kappa shape index (κ3) is 7.85. The van der Waals surface area contributed by atoms with Crippen molar-refractivity contribution in [2.75, 3.05) is 24.7 Å². The molecule has 0 amide bonds. The first-order valence-electron chi connectivity index (χ1n) is 9.47. The summed E-state index contributed by atoms with van der Waals surface area (Å²) in [6.45, 7) is 3.87. The molecule has 4 heteroatoms. The molecule has 0 aromatic rings. The molecule has 134 valence electrons. The first-order valence-corrected chi connectivity index (χ1v) is 11.4. The van der Waals surface area contributed by atoms with Crippen molar-refractivity contribution >= 4 is 23.5 Å². The molecule has 0 N–H and O–H groups in total. The average molecular weight is 359 g/mol. The van der Waals surface area contributed by atoms with Gasteiger partial charge in [0.25, 0.3) is 0 Å². The van der Waals surface area contributed by atoms with Crippen LogP contribution >= 0.6 is 23.5 Å². The molecule has 0 aromatic heterocycles. The zero-order valence-corrected chi connectivity index (χ0v) is 16.4. The van der Waals surface area contributed by atoms with Crippen LogP contribution in [-0.2, 0) is 9.47 Å². The molecule has 23 heavy (non-hydrogen) atoms. The first-order chi connectivity index (χ1) is 11.3. The maximum absolute atomic E-state index is 5.87. The molecule has 1 unspecified atom stereocenters. The number of ether oxygens (including phenoxy) is 2. The Morgan fingerprint density at radius 3 is 2.65 bits per heavy atom. The fraction of sp³-hybridized carbons (Fsp3) is 0.895. The molecule has 2 rings (SSSR count). The molecule has 0 aliphatic carbocycles. The van der Waals surface area contributed by atoms with Crippen LogP contribution < -0.4 is 0 Å². The molecule has 2 heterocycles. The molecule has 2 aliphatic rings. The van der Waals surface area contributed by atoms with E-state index in [2.05, 4.69) is 42.6 Å². The Hall–Kier alpha value is 0.360. The van der Waals surface area contributed by atoms with E-state index in [1.807, 2.05) is 0 Å². The molecule has 2 fully saturated rings. The maximum atomic E-state index is 5.87. The number of unbranched alkanes of at least 4 members (excludes halogenated alkanes) is 2. The number of hydrogen-bond acceptors (Lipinski definition) is 4. The first kappa shape index (κ1) is 19.7. The summed E-state index contributed by atoms with van der Waals surface area (Å²) in [6.07, 6.45) is 17.2. The minimum Gasteiger partial charge on any atom is -0.353 e. The lowest BCUT2D eigenvalue weighted by molar-refractivity contribution is -0.162. The quantitative estimate of drug-likeness (QED) is 0.351. The van der Waals surface area contributed by atoms with Gasteiger partial charge in [-0.1, -0.05) is 12.2 Å². The molecule has 2 saturated heterocycles. The van der Waals surface area contributed by atoms with Crippen LogP contribution in [0.1, 0.15) is 71.1 Å². The number of rotatable bonds is 10. The normalized spacial score (nSPS) is 25.0. The zero-order valence-electron chi connectivity index (χ0n) is 14.8. The SMILES string of the molecule is C/C=C\CCCC1(CCCCOC2CCCCO2)SCCCS1. The van der Waals surface area contributed by atoms with E-state index in [4.69, 9.17) is 9.47 Å². The highest BCUT2D eigenvalue weighted by Crippen LogP contribution is 2.49. The fourth-order valence-corrected chi connectivity index (χ4v) is 6.73. The van der Waals surface area contributed by atoms with Crippen LogP contribution in [0.3, 0.4) is 0 Å². The van der Waals surface area contributed by atoms with Crippen LogP contribution in [0, 0.1) is 0 Å². The van der Waals surface area contributed by atoms with Crippen molar-refractivity contribution < 1.29 is 9.47 Å². The largest absolute Gasteiger partial charge is 0.353 e. The number of hydrogen-bond donors (Lipinski definition) is 0. The van der Waals surface area contributed by atoms with Gasteiger partial charge in [-0.3, -0.25) is 0 Å². The van der Waals surface area contributed by atoms with Gasteiger partial charge < -0.3 is 9.47 Å².